The van der Waals surface area contributed by atoms with E-state index in [9.17, 15) is 5.26 Å². The van der Waals surface area contributed by atoms with Gasteiger partial charge in [-0.05, 0) is 53.0 Å². The van der Waals surface area contributed by atoms with Gasteiger partial charge in [-0.3, -0.25) is 5.32 Å². The van der Waals surface area contributed by atoms with Crippen molar-refractivity contribution in [1.29, 1.82) is 5.26 Å². The Bertz CT molecular complexity index is 308. The molecule has 1 aliphatic carbocycles. The van der Waals surface area contributed by atoms with Crippen LogP contribution >= 0.6 is 0 Å². The number of nitrogens with zero attached hydrogens (tertiary/aromatic N) is 2. The van der Waals surface area contributed by atoms with E-state index in [1.54, 1.807) is 0 Å². The van der Waals surface area contributed by atoms with E-state index in [0.717, 1.165) is 18.9 Å². The average molecular weight is 265 g/mol. The van der Waals surface area contributed by atoms with Crippen molar-refractivity contribution in [2.45, 2.75) is 77.4 Å². The predicted octanol–water partition coefficient (Wildman–Crippen LogP) is 3.17. The molecule has 0 aromatic rings. The number of hydrogen-bond donors (Lipinski definition) is 1. The molecule has 0 aromatic carbocycles. The van der Waals surface area contributed by atoms with E-state index in [1.165, 1.54) is 25.7 Å². The third-order valence-corrected chi connectivity index (χ3v) is 4.35. The summed E-state index contributed by atoms with van der Waals surface area (Å²) in [6, 6.07) is 3.50. The molecule has 1 saturated carbocycles. The monoisotopic (exact) mass is 265 g/mol. The fourth-order valence-electron chi connectivity index (χ4n) is 3.18. The van der Waals surface area contributed by atoms with Crippen LogP contribution in [0.25, 0.3) is 0 Å². The predicted molar refractivity (Wildman–Crippen MR) is 81.0 cm³/mol. The van der Waals surface area contributed by atoms with Crippen molar-refractivity contribution in [2.24, 2.45) is 5.92 Å². The normalized spacial score (nSPS) is 27.3. The van der Waals surface area contributed by atoms with Crippen molar-refractivity contribution in [3.63, 3.8) is 0 Å². The molecule has 1 rings (SSSR count). The van der Waals surface area contributed by atoms with Gasteiger partial charge in [0.1, 0.15) is 5.54 Å². The topological polar surface area (TPSA) is 39.1 Å². The van der Waals surface area contributed by atoms with E-state index >= 15 is 0 Å². The highest BCUT2D eigenvalue weighted by molar-refractivity contribution is 5.04. The molecule has 19 heavy (non-hydrogen) atoms. The maximum atomic E-state index is 9.37. The summed E-state index contributed by atoms with van der Waals surface area (Å²) < 4.78 is 0. The second-order valence-electron chi connectivity index (χ2n) is 6.90. The van der Waals surface area contributed by atoms with Crippen LogP contribution < -0.4 is 5.32 Å². The highest BCUT2D eigenvalue weighted by Gasteiger charge is 2.27. The lowest BCUT2D eigenvalue weighted by molar-refractivity contribution is 0.153. The van der Waals surface area contributed by atoms with Gasteiger partial charge in [-0.25, -0.2) is 0 Å². The summed E-state index contributed by atoms with van der Waals surface area (Å²) in [6.45, 7) is 9.58. The van der Waals surface area contributed by atoms with Crippen molar-refractivity contribution in [2.75, 3.05) is 13.6 Å². The maximum absolute atomic E-state index is 9.37. The molecule has 110 valence electrons. The first-order valence-corrected chi connectivity index (χ1v) is 7.75. The molecule has 1 aliphatic rings. The Morgan fingerprint density at radius 1 is 1.42 bits per heavy atom. The van der Waals surface area contributed by atoms with Crippen LogP contribution in [0.15, 0.2) is 0 Å². The second-order valence-corrected chi connectivity index (χ2v) is 6.90. The zero-order valence-electron chi connectivity index (χ0n) is 13.4. The molecule has 0 amide bonds. The Labute approximate surface area is 119 Å². The minimum Gasteiger partial charge on any atom is -0.303 e. The number of nitrogens with one attached hydrogen (secondary N) is 1. The van der Waals surface area contributed by atoms with Crippen LogP contribution in [0, 0.1) is 17.2 Å². The quantitative estimate of drug-likeness (QED) is 0.802. The summed E-state index contributed by atoms with van der Waals surface area (Å²) in [7, 11) is 2.22. The van der Waals surface area contributed by atoms with Crippen molar-refractivity contribution in [3.05, 3.63) is 0 Å². The summed E-state index contributed by atoms with van der Waals surface area (Å²) >= 11 is 0. The van der Waals surface area contributed by atoms with Gasteiger partial charge in [0.25, 0.3) is 0 Å². The summed E-state index contributed by atoms with van der Waals surface area (Å²) in [5, 5.41) is 12.8. The van der Waals surface area contributed by atoms with Gasteiger partial charge in [-0.15, -0.1) is 0 Å². The third-order valence-electron chi connectivity index (χ3n) is 4.35. The van der Waals surface area contributed by atoms with E-state index in [0.29, 0.717) is 12.1 Å². The molecule has 0 aromatic heterocycles. The SMILES string of the molecule is CC1CCCC(N(C)CCC(C)(C#N)NC(C)C)C1. The number of rotatable bonds is 6. The zero-order chi connectivity index (χ0) is 14.5. The van der Waals surface area contributed by atoms with Crippen LogP contribution in [0.5, 0.6) is 0 Å². The standard InChI is InChI=1S/C16H31N3/c1-13(2)18-16(4,12-17)9-10-19(5)15-8-6-7-14(3)11-15/h13-15,18H,6-11H2,1-5H3. The van der Waals surface area contributed by atoms with Crippen LogP contribution in [-0.4, -0.2) is 36.1 Å². The molecule has 0 radical (unpaired) electrons. The first-order chi connectivity index (χ1) is 8.86. The molecule has 1 fully saturated rings. The largest absolute Gasteiger partial charge is 0.303 e. The highest BCUT2D eigenvalue weighted by Crippen LogP contribution is 2.27. The molecule has 3 heteroatoms. The molecule has 0 bridgehead atoms. The summed E-state index contributed by atoms with van der Waals surface area (Å²) in [6.07, 6.45) is 6.27. The second kappa shape index (κ2) is 7.26. The Kier molecular flexibility index (Phi) is 6.29. The Morgan fingerprint density at radius 2 is 2.11 bits per heavy atom. The van der Waals surface area contributed by atoms with Crippen LogP contribution in [0.2, 0.25) is 0 Å². The fraction of sp³-hybridized carbons (Fsp3) is 0.938. The lowest BCUT2D eigenvalue weighted by Crippen LogP contribution is -2.48. The van der Waals surface area contributed by atoms with Gasteiger partial charge in [0.05, 0.1) is 6.07 Å². The van der Waals surface area contributed by atoms with Gasteiger partial charge in [-0.1, -0.05) is 19.8 Å². The Balaban J connectivity index is 2.43. The van der Waals surface area contributed by atoms with Gasteiger partial charge in [0.2, 0.25) is 0 Å². The van der Waals surface area contributed by atoms with Gasteiger partial charge in [0.15, 0.2) is 0 Å². The van der Waals surface area contributed by atoms with Gasteiger partial charge in [-0.2, -0.15) is 5.26 Å². The first-order valence-electron chi connectivity index (χ1n) is 7.75. The maximum Gasteiger partial charge on any atom is 0.105 e. The van der Waals surface area contributed by atoms with Crippen molar-refractivity contribution < 1.29 is 0 Å². The van der Waals surface area contributed by atoms with Crippen molar-refractivity contribution in [1.82, 2.24) is 10.2 Å². The zero-order valence-corrected chi connectivity index (χ0v) is 13.4. The lowest BCUT2D eigenvalue weighted by atomic mass is 9.86. The third kappa shape index (κ3) is 5.50. The van der Waals surface area contributed by atoms with Crippen LogP contribution in [0.4, 0.5) is 0 Å². The van der Waals surface area contributed by atoms with E-state index < -0.39 is 5.54 Å². The minimum atomic E-state index is -0.400. The minimum absolute atomic E-state index is 0.352. The van der Waals surface area contributed by atoms with E-state index in [1.807, 2.05) is 6.92 Å². The fourth-order valence-corrected chi connectivity index (χ4v) is 3.18. The van der Waals surface area contributed by atoms with E-state index in [4.69, 9.17) is 0 Å². The van der Waals surface area contributed by atoms with Crippen molar-refractivity contribution in [3.8, 4) is 6.07 Å². The molecule has 0 heterocycles. The molecule has 3 atom stereocenters. The van der Waals surface area contributed by atoms with Crippen LogP contribution in [0.1, 0.15) is 59.8 Å². The molecule has 0 spiro atoms. The van der Waals surface area contributed by atoms with Crippen LogP contribution in [0.3, 0.4) is 0 Å². The molecule has 0 saturated heterocycles. The number of hydrogen-bond acceptors (Lipinski definition) is 3. The molecule has 0 aliphatic heterocycles. The van der Waals surface area contributed by atoms with Gasteiger partial charge in [0, 0.05) is 18.6 Å². The first kappa shape index (κ1) is 16.5. The number of nitriles is 1. The average Bonchev–Trinajstić information content (AvgIpc) is 2.35. The molecule has 1 N–H and O–H groups in total. The highest BCUT2D eigenvalue weighted by atomic mass is 15.1. The molecule has 3 unspecified atom stereocenters. The van der Waals surface area contributed by atoms with E-state index in [2.05, 4.69) is 44.1 Å². The summed E-state index contributed by atoms with van der Waals surface area (Å²) in [5.74, 6) is 0.859. The van der Waals surface area contributed by atoms with Crippen molar-refractivity contribution >= 4 is 0 Å². The smallest absolute Gasteiger partial charge is 0.105 e. The summed E-state index contributed by atoms with van der Waals surface area (Å²) in [4.78, 5) is 2.47. The Morgan fingerprint density at radius 3 is 2.63 bits per heavy atom. The van der Waals surface area contributed by atoms with Gasteiger partial charge >= 0.3 is 0 Å². The van der Waals surface area contributed by atoms with Gasteiger partial charge < -0.3 is 4.90 Å². The molecule has 3 nitrogen and oxygen atoms in total. The molecular formula is C16H31N3. The molecular weight excluding hydrogens is 234 g/mol. The Hall–Kier alpha value is -0.590. The summed E-state index contributed by atoms with van der Waals surface area (Å²) in [5.41, 5.74) is -0.400. The van der Waals surface area contributed by atoms with Crippen LogP contribution in [-0.2, 0) is 0 Å². The van der Waals surface area contributed by atoms with E-state index in [-0.39, 0.29) is 0 Å². The lowest BCUT2D eigenvalue weighted by Gasteiger charge is -2.36.